The molecule has 0 bridgehead atoms. The summed E-state index contributed by atoms with van der Waals surface area (Å²) in [5.74, 6) is 0.894. The van der Waals surface area contributed by atoms with Crippen LogP contribution < -0.4 is 5.32 Å². The Morgan fingerprint density at radius 3 is 2.93 bits per heavy atom. The van der Waals surface area contributed by atoms with Crippen LogP contribution in [0.2, 0.25) is 0 Å². The molecule has 0 spiro atoms. The monoisotopic (exact) mass is 205 g/mol. The van der Waals surface area contributed by atoms with E-state index in [9.17, 15) is 5.11 Å². The molecule has 0 radical (unpaired) electrons. The zero-order valence-electron chi connectivity index (χ0n) is 8.95. The number of rotatable bonds is 3. The maximum Gasteiger partial charge on any atom is 0.134 e. The molecule has 2 N–H and O–H groups in total. The lowest BCUT2D eigenvalue weighted by Crippen LogP contribution is -2.16. The van der Waals surface area contributed by atoms with Gasteiger partial charge in [-0.05, 0) is 37.7 Å². The maximum absolute atomic E-state index is 9.79. The van der Waals surface area contributed by atoms with E-state index in [2.05, 4.69) is 5.32 Å². The second kappa shape index (κ2) is 4.04. The first-order valence-corrected chi connectivity index (χ1v) is 5.03. The molecular formula is C12H15NO2. The Balaban J connectivity index is 2.37. The lowest BCUT2D eigenvalue weighted by molar-refractivity contribution is 0.178. The molecule has 3 nitrogen and oxygen atoms in total. The van der Waals surface area contributed by atoms with Gasteiger partial charge in [0, 0.05) is 11.9 Å². The van der Waals surface area contributed by atoms with Gasteiger partial charge in [-0.2, -0.15) is 0 Å². The minimum Gasteiger partial charge on any atom is -0.461 e. The fourth-order valence-corrected chi connectivity index (χ4v) is 1.71. The zero-order chi connectivity index (χ0) is 10.8. The predicted molar refractivity (Wildman–Crippen MR) is 59.8 cm³/mol. The van der Waals surface area contributed by atoms with Crippen molar-refractivity contribution in [3.05, 3.63) is 35.6 Å². The minimum atomic E-state index is -0.463. The number of furan rings is 1. The largest absolute Gasteiger partial charge is 0.461 e. The van der Waals surface area contributed by atoms with Gasteiger partial charge in [0.1, 0.15) is 11.3 Å². The van der Waals surface area contributed by atoms with Crippen LogP contribution in [-0.2, 0) is 0 Å². The van der Waals surface area contributed by atoms with Gasteiger partial charge in [0.25, 0.3) is 0 Å². The summed E-state index contributed by atoms with van der Waals surface area (Å²) in [6, 6.07) is 7.74. The van der Waals surface area contributed by atoms with Gasteiger partial charge in [-0.15, -0.1) is 0 Å². The van der Waals surface area contributed by atoms with E-state index < -0.39 is 6.10 Å². The summed E-state index contributed by atoms with van der Waals surface area (Å²) in [5, 5.41) is 13.8. The van der Waals surface area contributed by atoms with E-state index in [4.69, 9.17) is 4.42 Å². The molecule has 2 rings (SSSR count). The Labute approximate surface area is 88.7 Å². The smallest absolute Gasteiger partial charge is 0.134 e. The summed E-state index contributed by atoms with van der Waals surface area (Å²) >= 11 is 0. The summed E-state index contributed by atoms with van der Waals surface area (Å²) in [4.78, 5) is 0. The molecule has 1 atom stereocenters. The van der Waals surface area contributed by atoms with Crippen molar-refractivity contribution in [1.82, 2.24) is 5.32 Å². The van der Waals surface area contributed by atoms with Crippen molar-refractivity contribution in [3.8, 4) is 0 Å². The molecule has 1 aromatic heterocycles. The summed E-state index contributed by atoms with van der Waals surface area (Å²) in [6.07, 6.45) is -0.463. The van der Waals surface area contributed by atoms with E-state index in [0.29, 0.717) is 6.54 Å². The molecule has 0 aliphatic carbocycles. The van der Waals surface area contributed by atoms with Crippen molar-refractivity contribution in [1.29, 1.82) is 0 Å². The molecule has 15 heavy (non-hydrogen) atoms. The van der Waals surface area contributed by atoms with Crippen LogP contribution in [0.1, 0.15) is 17.4 Å². The van der Waals surface area contributed by atoms with Crippen LogP contribution in [0.5, 0.6) is 0 Å². The molecule has 0 amide bonds. The highest BCUT2D eigenvalue weighted by molar-refractivity contribution is 5.78. The Bertz CT molecular complexity index is 462. The Hall–Kier alpha value is -1.32. The van der Waals surface area contributed by atoms with Gasteiger partial charge in [0.15, 0.2) is 0 Å². The van der Waals surface area contributed by atoms with E-state index in [1.807, 2.05) is 38.2 Å². The van der Waals surface area contributed by atoms with Crippen molar-refractivity contribution in [2.24, 2.45) is 0 Å². The first-order chi connectivity index (χ1) is 7.20. The van der Waals surface area contributed by atoms with E-state index in [0.717, 1.165) is 22.3 Å². The number of benzene rings is 1. The summed E-state index contributed by atoms with van der Waals surface area (Å²) in [5.41, 5.74) is 1.78. The van der Waals surface area contributed by atoms with Gasteiger partial charge in [-0.3, -0.25) is 0 Å². The number of hydrogen-bond donors (Lipinski definition) is 2. The van der Waals surface area contributed by atoms with Gasteiger partial charge in [-0.1, -0.05) is 6.07 Å². The molecule has 1 aromatic carbocycles. The molecule has 0 aliphatic heterocycles. The van der Waals surface area contributed by atoms with E-state index in [-0.39, 0.29) is 0 Å². The minimum absolute atomic E-state index is 0.463. The SMILES string of the molecule is CNCC(O)c1ccc2oc(C)cc2c1. The molecule has 1 unspecified atom stereocenters. The molecule has 1 heterocycles. The Morgan fingerprint density at radius 2 is 2.20 bits per heavy atom. The van der Waals surface area contributed by atoms with Crippen molar-refractivity contribution >= 4 is 11.0 Å². The van der Waals surface area contributed by atoms with E-state index >= 15 is 0 Å². The number of aryl methyl sites for hydroxylation is 1. The first kappa shape index (κ1) is 10.2. The van der Waals surface area contributed by atoms with Gasteiger partial charge < -0.3 is 14.8 Å². The van der Waals surface area contributed by atoms with Crippen molar-refractivity contribution in [2.45, 2.75) is 13.0 Å². The van der Waals surface area contributed by atoms with E-state index in [1.165, 1.54) is 0 Å². The highest BCUT2D eigenvalue weighted by atomic mass is 16.3. The molecule has 0 saturated carbocycles. The first-order valence-electron chi connectivity index (χ1n) is 5.03. The number of fused-ring (bicyclic) bond motifs is 1. The second-order valence-electron chi connectivity index (χ2n) is 3.73. The second-order valence-corrected chi connectivity index (χ2v) is 3.73. The summed E-state index contributed by atoms with van der Waals surface area (Å²) in [7, 11) is 1.82. The van der Waals surface area contributed by atoms with Crippen molar-refractivity contribution < 1.29 is 9.52 Å². The van der Waals surface area contributed by atoms with Gasteiger partial charge in [-0.25, -0.2) is 0 Å². The third-order valence-electron chi connectivity index (χ3n) is 2.45. The normalized spacial score (nSPS) is 13.3. The molecular weight excluding hydrogens is 190 g/mol. The third kappa shape index (κ3) is 2.03. The molecule has 2 aromatic rings. The van der Waals surface area contributed by atoms with Gasteiger partial charge >= 0.3 is 0 Å². The fourth-order valence-electron chi connectivity index (χ4n) is 1.71. The summed E-state index contributed by atoms with van der Waals surface area (Å²) < 4.78 is 5.47. The third-order valence-corrected chi connectivity index (χ3v) is 2.45. The van der Waals surface area contributed by atoms with Crippen molar-refractivity contribution in [2.75, 3.05) is 13.6 Å². The molecule has 0 aliphatic rings. The van der Waals surface area contributed by atoms with Gasteiger partial charge in [0.2, 0.25) is 0 Å². The average molecular weight is 205 g/mol. The zero-order valence-corrected chi connectivity index (χ0v) is 8.95. The van der Waals surface area contributed by atoms with E-state index in [1.54, 1.807) is 0 Å². The Morgan fingerprint density at radius 1 is 1.40 bits per heavy atom. The van der Waals surface area contributed by atoms with Crippen LogP contribution in [0, 0.1) is 6.92 Å². The van der Waals surface area contributed by atoms with Crippen LogP contribution in [0.3, 0.4) is 0 Å². The summed E-state index contributed by atoms with van der Waals surface area (Å²) in [6.45, 7) is 2.48. The molecule has 0 fully saturated rings. The van der Waals surface area contributed by atoms with Crippen LogP contribution in [0.4, 0.5) is 0 Å². The Kier molecular flexibility index (Phi) is 2.75. The lowest BCUT2D eigenvalue weighted by atomic mass is 10.1. The van der Waals surface area contributed by atoms with Crippen LogP contribution >= 0.6 is 0 Å². The highest BCUT2D eigenvalue weighted by Crippen LogP contribution is 2.23. The van der Waals surface area contributed by atoms with Gasteiger partial charge in [0.05, 0.1) is 6.10 Å². The highest BCUT2D eigenvalue weighted by Gasteiger charge is 2.08. The maximum atomic E-state index is 9.79. The van der Waals surface area contributed by atoms with Crippen LogP contribution in [0.25, 0.3) is 11.0 Å². The fraction of sp³-hybridized carbons (Fsp3) is 0.333. The molecule has 3 heteroatoms. The van der Waals surface area contributed by atoms with Crippen LogP contribution in [-0.4, -0.2) is 18.7 Å². The number of likely N-dealkylation sites (N-methyl/N-ethyl adjacent to an activating group) is 1. The molecule has 80 valence electrons. The number of hydrogen-bond acceptors (Lipinski definition) is 3. The quantitative estimate of drug-likeness (QED) is 0.805. The predicted octanol–water partition coefficient (Wildman–Crippen LogP) is 1.99. The van der Waals surface area contributed by atoms with Crippen LogP contribution in [0.15, 0.2) is 28.7 Å². The lowest BCUT2D eigenvalue weighted by Gasteiger charge is -2.09. The standard InChI is InChI=1S/C12H15NO2/c1-8-5-10-6-9(11(14)7-13-2)3-4-12(10)15-8/h3-6,11,13-14H,7H2,1-2H3. The average Bonchev–Trinajstić information content (AvgIpc) is 2.57. The number of aliphatic hydroxyl groups is 1. The molecule has 0 saturated heterocycles. The number of aliphatic hydroxyl groups excluding tert-OH is 1. The number of nitrogens with one attached hydrogen (secondary N) is 1. The van der Waals surface area contributed by atoms with Crippen molar-refractivity contribution in [3.63, 3.8) is 0 Å². The topological polar surface area (TPSA) is 45.4 Å².